The number of rotatable bonds is 6. The highest BCUT2D eigenvalue weighted by molar-refractivity contribution is 6.02. The maximum atomic E-state index is 14.8. The third kappa shape index (κ3) is 2.12. The van der Waals surface area contributed by atoms with Gasteiger partial charge < -0.3 is 33.5 Å². The number of ketones is 1. The highest BCUT2D eigenvalue weighted by atomic mass is 16.8. The van der Waals surface area contributed by atoms with Crippen LogP contribution in [0.25, 0.3) is 0 Å². The van der Waals surface area contributed by atoms with Crippen LogP contribution in [0, 0.1) is 10.8 Å². The second kappa shape index (κ2) is 6.73. The van der Waals surface area contributed by atoms with E-state index in [0.29, 0.717) is 12.8 Å². The molecule has 200 valence electrons. The molecule has 3 heterocycles. The molecular formula is C29H36O8. The van der Waals surface area contributed by atoms with Crippen molar-refractivity contribution in [3.63, 3.8) is 0 Å². The van der Waals surface area contributed by atoms with Crippen LogP contribution < -0.4 is 0 Å². The Hall–Kier alpha value is -1.65. The smallest absolute Gasteiger partial charge is 0.198 e. The first-order valence-electron chi connectivity index (χ1n) is 13.2. The average molecular weight is 513 g/mol. The second-order valence-corrected chi connectivity index (χ2v) is 12.7. The molecule has 7 aliphatic rings. The monoisotopic (exact) mass is 512 g/mol. The van der Waals surface area contributed by atoms with Crippen molar-refractivity contribution < 1.29 is 38.3 Å². The summed E-state index contributed by atoms with van der Waals surface area (Å²) in [4.78, 5) is 14.8. The van der Waals surface area contributed by atoms with Crippen LogP contribution in [0.2, 0.25) is 0 Å². The number of allylic oxidation sites excluding steroid dienone is 1. The molecule has 8 heteroatoms. The van der Waals surface area contributed by atoms with Crippen molar-refractivity contribution in [3.05, 3.63) is 47.5 Å². The number of methoxy groups -OCH3 is 1. The Labute approximate surface area is 217 Å². The Bertz CT molecular complexity index is 1230. The Morgan fingerprint density at radius 2 is 1.81 bits per heavy atom. The standard InChI is InChI=1S/C29H36O8/c1-18-12-13-25(31)23(4)16-27(34-15-19-10-8-7-9-11-19)24(5)21(33-17-32-6)20(30)28(23)29(24,26(25,14-18)37-27)36-22(2,3)35-28/h7-11,14,21,31H,12-13,15-17H2,1-6H3/t21?,23-,24?,25-,26?,27-,28+,29?/m0/s1. The van der Waals surface area contributed by atoms with E-state index >= 15 is 0 Å². The van der Waals surface area contributed by atoms with E-state index in [1.54, 1.807) is 0 Å². The molecule has 0 amide bonds. The Morgan fingerprint density at radius 1 is 1.08 bits per heavy atom. The maximum Gasteiger partial charge on any atom is 0.198 e. The summed E-state index contributed by atoms with van der Waals surface area (Å²) in [5.41, 5.74) is -5.83. The first-order valence-corrected chi connectivity index (χ1v) is 13.2. The molecule has 0 aromatic heterocycles. The largest absolute Gasteiger partial charge is 0.386 e. The predicted molar refractivity (Wildman–Crippen MR) is 130 cm³/mol. The average Bonchev–Trinajstić information content (AvgIpc) is 3.28. The van der Waals surface area contributed by atoms with Crippen molar-refractivity contribution >= 4 is 5.78 Å². The van der Waals surface area contributed by atoms with Gasteiger partial charge in [0, 0.05) is 18.9 Å². The van der Waals surface area contributed by atoms with Crippen LogP contribution in [0.15, 0.2) is 42.0 Å². The predicted octanol–water partition coefficient (Wildman–Crippen LogP) is 3.40. The van der Waals surface area contributed by atoms with E-state index in [0.717, 1.165) is 11.1 Å². The molecule has 4 unspecified atom stereocenters. The van der Waals surface area contributed by atoms with Gasteiger partial charge in [-0.2, -0.15) is 0 Å². The first kappa shape index (κ1) is 24.4. The van der Waals surface area contributed by atoms with Gasteiger partial charge in [-0.1, -0.05) is 42.8 Å². The quantitative estimate of drug-likeness (QED) is 0.458. The molecule has 0 radical (unpaired) electrons. The van der Waals surface area contributed by atoms with Gasteiger partial charge in [-0.15, -0.1) is 0 Å². The highest BCUT2D eigenvalue weighted by Crippen LogP contribution is 2.91. The number of aliphatic hydroxyl groups is 1. The zero-order chi connectivity index (χ0) is 26.3. The summed E-state index contributed by atoms with van der Waals surface area (Å²) in [6.45, 7) is 9.79. The van der Waals surface area contributed by atoms with Crippen molar-refractivity contribution in [2.24, 2.45) is 10.8 Å². The summed E-state index contributed by atoms with van der Waals surface area (Å²) < 4.78 is 39.2. The van der Waals surface area contributed by atoms with Crippen LogP contribution in [-0.2, 0) is 39.8 Å². The molecule has 8 nitrogen and oxygen atoms in total. The Morgan fingerprint density at radius 3 is 2.51 bits per heavy atom. The van der Waals surface area contributed by atoms with Crippen LogP contribution in [-0.4, -0.2) is 64.9 Å². The van der Waals surface area contributed by atoms with E-state index in [-0.39, 0.29) is 25.6 Å². The third-order valence-electron chi connectivity index (χ3n) is 10.7. The van der Waals surface area contributed by atoms with Gasteiger partial charge in [0.2, 0.25) is 0 Å². The fourth-order valence-corrected chi connectivity index (χ4v) is 9.56. The van der Waals surface area contributed by atoms with Crippen molar-refractivity contribution in [1.82, 2.24) is 0 Å². The third-order valence-corrected chi connectivity index (χ3v) is 10.7. The van der Waals surface area contributed by atoms with E-state index in [4.69, 9.17) is 28.4 Å². The summed E-state index contributed by atoms with van der Waals surface area (Å²) >= 11 is 0. The number of Topliss-reactive ketones (excluding diaryl/α,β-unsaturated/α-hetero) is 1. The zero-order valence-electron chi connectivity index (χ0n) is 22.4. The van der Waals surface area contributed by atoms with Crippen LogP contribution in [0.3, 0.4) is 0 Å². The van der Waals surface area contributed by atoms with Crippen molar-refractivity contribution in [1.29, 1.82) is 0 Å². The van der Waals surface area contributed by atoms with Gasteiger partial charge in [0.15, 0.2) is 34.2 Å². The topological polar surface area (TPSA) is 92.7 Å². The molecule has 6 bridgehead atoms. The van der Waals surface area contributed by atoms with E-state index in [2.05, 4.69) is 0 Å². The highest BCUT2D eigenvalue weighted by Gasteiger charge is 3.10. The maximum absolute atomic E-state index is 14.8. The minimum atomic E-state index is -1.50. The summed E-state index contributed by atoms with van der Waals surface area (Å²) in [6, 6.07) is 9.88. The number of hydrogen-bond donors (Lipinski definition) is 1. The van der Waals surface area contributed by atoms with Gasteiger partial charge in [0.05, 0.1) is 12.0 Å². The summed E-state index contributed by atoms with van der Waals surface area (Å²) in [5, 5.41) is 12.7. The SMILES string of the molecule is COCOC1C(=O)[C@]23OC(C)(C)OC24C1(C)[C@]1(OCc2ccccc2)C[C@@]3(C)[C@@]2(O)CCC(C)=CC42O1. The van der Waals surface area contributed by atoms with E-state index in [1.165, 1.54) is 7.11 Å². The minimum absolute atomic E-state index is 0.0842. The molecule has 1 aromatic carbocycles. The molecule has 4 aliphatic carbocycles. The molecule has 3 saturated carbocycles. The molecule has 1 aromatic rings. The van der Waals surface area contributed by atoms with Gasteiger partial charge >= 0.3 is 0 Å². The molecule has 3 aliphatic heterocycles. The number of ether oxygens (including phenoxy) is 6. The molecule has 37 heavy (non-hydrogen) atoms. The molecule has 2 spiro atoms. The summed E-state index contributed by atoms with van der Waals surface area (Å²) in [5.74, 6) is -2.63. The van der Waals surface area contributed by atoms with Crippen molar-refractivity contribution in [3.8, 4) is 0 Å². The van der Waals surface area contributed by atoms with Crippen LogP contribution in [0.1, 0.15) is 59.4 Å². The van der Waals surface area contributed by atoms with E-state index in [9.17, 15) is 9.90 Å². The van der Waals surface area contributed by atoms with E-state index in [1.807, 2.05) is 71.0 Å². The molecule has 6 fully saturated rings. The van der Waals surface area contributed by atoms with Crippen LogP contribution >= 0.6 is 0 Å². The van der Waals surface area contributed by atoms with Crippen molar-refractivity contribution in [2.45, 2.75) is 101 Å². The zero-order valence-corrected chi connectivity index (χ0v) is 22.4. The first-order chi connectivity index (χ1) is 17.4. The van der Waals surface area contributed by atoms with Crippen LogP contribution in [0.5, 0.6) is 0 Å². The molecular weight excluding hydrogens is 476 g/mol. The van der Waals surface area contributed by atoms with Gasteiger partial charge in [-0.05, 0) is 52.2 Å². The molecule has 3 saturated heterocycles. The van der Waals surface area contributed by atoms with Gasteiger partial charge in [0.25, 0.3) is 0 Å². The molecule has 8 rings (SSSR count). The fourth-order valence-electron chi connectivity index (χ4n) is 9.56. The van der Waals surface area contributed by atoms with Gasteiger partial charge in [0.1, 0.15) is 18.5 Å². The number of carbonyl (C=O) groups is 1. The van der Waals surface area contributed by atoms with Gasteiger partial charge in [-0.25, -0.2) is 0 Å². The fraction of sp³-hybridized carbons (Fsp3) is 0.690. The molecule has 8 atom stereocenters. The minimum Gasteiger partial charge on any atom is -0.386 e. The van der Waals surface area contributed by atoms with Crippen LogP contribution in [0.4, 0.5) is 0 Å². The number of benzene rings is 1. The lowest BCUT2D eigenvalue weighted by Gasteiger charge is -2.59. The summed E-state index contributed by atoms with van der Waals surface area (Å²) in [7, 11) is 1.53. The normalized spacial score (nSPS) is 51.9. The Kier molecular flexibility index (Phi) is 4.44. The lowest BCUT2D eigenvalue weighted by molar-refractivity contribution is -0.379. The number of carbonyl (C=O) groups excluding carboxylic acids is 1. The Balaban J connectivity index is 1.53. The second-order valence-electron chi connectivity index (χ2n) is 12.7. The number of hydrogen-bond acceptors (Lipinski definition) is 8. The lowest BCUT2D eigenvalue weighted by Crippen LogP contribution is -2.71. The molecule has 1 N–H and O–H groups in total. The lowest BCUT2D eigenvalue weighted by atomic mass is 9.54. The summed E-state index contributed by atoms with van der Waals surface area (Å²) in [6.07, 6.45) is 2.40. The van der Waals surface area contributed by atoms with E-state index < -0.39 is 50.9 Å². The van der Waals surface area contributed by atoms with Gasteiger partial charge in [-0.3, -0.25) is 4.79 Å². The van der Waals surface area contributed by atoms with Crippen molar-refractivity contribution in [2.75, 3.05) is 13.9 Å².